The van der Waals surface area contributed by atoms with Crippen LogP contribution in [-0.4, -0.2) is 25.2 Å². The molecule has 96 valence electrons. The van der Waals surface area contributed by atoms with Crippen molar-refractivity contribution < 1.29 is 9.53 Å². The van der Waals surface area contributed by atoms with Crippen molar-refractivity contribution in [2.75, 3.05) is 13.2 Å². The third kappa shape index (κ3) is 2.97. The number of hydrogen-bond acceptors (Lipinski definition) is 3. The van der Waals surface area contributed by atoms with E-state index >= 15 is 0 Å². The Balaban J connectivity index is 2.83. The predicted octanol–water partition coefficient (Wildman–Crippen LogP) is 2.44. The van der Waals surface area contributed by atoms with Gasteiger partial charge in [-0.1, -0.05) is 18.6 Å². The molecular formula is C14H23NO2. The van der Waals surface area contributed by atoms with E-state index in [1.54, 1.807) is 0 Å². The van der Waals surface area contributed by atoms with Crippen LogP contribution >= 0.6 is 0 Å². The minimum Gasteiger partial charge on any atom is -0.466 e. The van der Waals surface area contributed by atoms with E-state index < -0.39 is 5.41 Å². The maximum absolute atomic E-state index is 12.2. The lowest BCUT2D eigenvalue weighted by Gasteiger charge is -2.32. The van der Waals surface area contributed by atoms with Crippen molar-refractivity contribution >= 4 is 5.97 Å². The minimum absolute atomic E-state index is 0.0843. The van der Waals surface area contributed by atoms with E-state index in [1.165, 1.54) is 0 Å². The van der Waals surface area contributed by atoms with Crippen molar-refractivity contribution in [2.45, 2.75) is 38.6 Å². The molecule has 1 aliphatic rings. The van der Waals surface area contributed by atoms with Gasteiger partial charge in [0.25, 0.3) is 0 Å². The third-order valence-corrected chi connectivity index (χ3v) is 3.48. The first-order valence-electron chi connectivity index (χ1n) is 6.33. The highest BCUT2D eigenvalue weighted by molar-refractivity contribution is 5.78. The van der Waals surface area contributed by atoms with Crippen molar-refractivity contribution in [1.82, 2.24) is 5.32 Å². The largest absolute Gasteiger partial charge is 0.466 e. The topological polar surface area (TPSA) is 38.3 Å². The van der Waals surface area contributed by atoms with Crippen LogP contribution in [0.15, 0.2) is 25.3 Å². The average molecular weight is 237 g/mol. The molecule has 2 unspecified atom stereocenters. The number of carbonyl (C=O) groups excluding carboxylic acids is 1. The van der Waals surface area contributed by atoms with Crippen LogP contribution in [0.3, 0.4) is 0 Å². The van der Waals surface area contributed by atoms with Crippen LogP contribution in [0.2, 0.25) is 0 Å². The number of ether oxygens (including phenoxy) is 1. The van der Waals surface area contributed by atoms with Crippen LogP contribution in [0.1, 0.15) is 32.6 Å². The summed E-state index contributed by atoms with van der Waals surface area (Å²) in [4.78, 5) is 12.2. The van der Waals surface area contributed by atoms with Gasteiger partial charge in [0.15, 0.2) is 0 Å². The summed E-state index contributed by atoms with van der Waals surface area (Å²) in [6, 6.07) is 0.178. The maximum atomic E-state index is 12.2. The SMILES string of the molecule is C=CCNC1CCCC1(CC=C)C(=O)OCC. The maximum Gasteiger partial charge on any atom is 0.313 e. The highest BCUT2D eigenvalue weighted by Gasteiger charge is 2.48. The van der Waals surface area contributed by atoms with Gasteiger partial charge in [-0.15, -0.1) is 13.2 Å². The number of rotatable bonds is 7. The Labute approximate surface area is 104 Å². The molecule has 0 aromatic carbocycles. The first kappa shape index (κ1) is 14.0. The number of esters is 1. The molecule has 0 spiro atoms. The van der Waals surface area contributed by atoms with Crippen LogP contribution in [0.5, 0.6) is 0 Å². The lowest BCUT2D eigenvalue weighted by Crippen LogP contribution is -2.47. The Morgan fingerprint density at radius 2 is 2.29 bits per heavy atom. The van der Waals surface area contributed by atoms with E-state index in [2.05, 4.69) is 18.5 Å². The Morgan fingerprint density at radius 3 is 2.88 bits per heavy atom. The predicted molar refractivity (Wildman–Crippen MR) is 69.7 cm³/mol. The lowest BCUT2D eigenvalue weighted by atomic mass is 9.79. The summed E-state index contributed by atoms with van der Waals surface area (Å²) in [5.74, 6) is -0.0843. The zero-order valence-electron chi connectivity index (χ0n) is 10.7. The quantitative estimate of drug-likeness (QED) is 0.546. The summed E-state index contributed by atoms with van der Waals surface area (Å²) in [6.45, 7) is 10.5. The fourth-order valence-electron chi connectivity index (χ4n) is 2.70. The van der Waals surface area contributed by atoms with Gasteiger partial charge in [-0.3, -0.25) is 4.79 Å². The molecule has 0 heterocycles. The molecule has 0 aliphatic heterocycles. The van der Waals surface area contributed by atoms with Gasteiger partial charge < -0.3 is 10.1 Å². The molecule has 0 radical (unpaired) electrons. The second kappa shape index (κ2) is 6.60. The van der Waals surface area contributed by atoms with E-state index in [-0.39, 0.29) is 12.0 Å². The van der Waals surface area contributed by atoms with Crippen LogP contribution in [-0.2, 0) is 9.53 Å². The number of carbonyl (C=O) groups is 1. The van der Waals surface area contributed by atoms with E-state index in [0.29, 0.717) is 13.0 Å². The Morgan fingerprint density at radius 1 is 1.53 bits per heavy atom. The number of allylic oxidation sites excluding steroid dienone is 1. The molecule has 1 saturated carbocycles. The van der Waals surface area contributed by atoms with Crippen LogP contribution in [0.25, 0.3) is 0 Å². The Hall–Kier alpha value is -1.09. The van der Waals surface area contributed by atoms with E-state index in [1.807, 2.05) is 19.1 Å². The van der Waals surface area contributed by atoms with Crippen molar-refractivity contribution in [3.05, 3.63) is 25.3 Å². The summed E-state index contributed by atoms with van der Waals surface area (Å²) >= 11 is 0. The fourth-order valence-corrected chi connectivity index (χ4v) is 2.70. The van der Waals surface area contributed by atoms with Gasteiger partial charge in [-0.2, -0.15) is 0 Å². The lowest BCUT2D eigenvalue weighted by molar-refractivity contribution is -0.156. The molecular weight excluding hydrogens is 214 g/mol. The molecule has 1 fully saturated rings. The molecule has 0 amide bonds. The highest BCUT2D eigenvalue weighted by Crippen LogP contribution is 2.42. The van der Waals surface area contributed by atoms with Crippen molar-refractivity contribution in [1.29, 1.82) is 0 Å². The van der Waals surface area contributed by atoms with E-state index in [0.717, 1.165) is 25.8 Å². The van der Waals surface area contributed by atoms with Crippen LogP contribution in [0, 0.1) is 5.41 Å². The highest BCUT2D eigenvalue weighted by atomic mass is 16.5. The van der Waals surface area contributed by atoms with Crippen molar-refractivity contribution in [3.8, 4) is 0 Å². The van der Waals surface area contributed by atoms with Crippen LogP contribution in [0.4, 0.5) is 0 Å². The first-order valence-corrected chi connectivity index (χ1v) is 6.33. The van der Waals surface area contributed by atoms with Gasteiger partial charge in [0.1, 0.15) is 0 Å². The second-order valence-electron chi connectivity index (χ2n) is 4.51. The summed E-state index contributed by atoms with van der Waals surface area (Å²) in [6.07, 6.45) is 7.28. The fraction of sp³-hybridized carbons (Fsp3) is 0.643. The summed E-state index contributed by atoms with van der Waals surface area (Å²) in [7, 11) is 0. The molecule has 0 bridgehead atoms. The first-order chi connectivity index (χ1) is 8.21. The standard InChI is InChI=1S/C14H23NO2/c1-4-9-14(13(16)17-6-3)10-7-8-12(14)15-11-5-2/h4-5,12,15H,1-2,6-11H2,3H3. The van der Waals surface area contributed by atoms with Crippen molar-refractivity contribution in [3.63, 3.8) is 0 Å². The molecule has 0 aromatic rings. The summed E-state index contributed by atoms with van der Waals surface area (Å²) in [5, 5.41) is 3.38. The normalized spacial score (nSPS) is 27.7. The minimum atomic E-state index is -0.416. The van der Waals surface area contributed by atoms with E-state index in [9.17, 15) is 4.79 Å². The Kier molecular flexibility index (Phi) is 5.42. The monoisotopic (exact) mass is 237 g/mol. The molecule has 17 heavy (non-hydrogen) atoms. The molecule has 2 atom stereocenters. The molecule has 1 rings (SSSR count). The second-order valence-corrected chi connectivity index (χ2v) is 4.51. The molecule has 3 nitrogen and oxygen atoms in total. The number of nitrogens with one attached hydrogen (secondary N) is 1. The van der Waals surface area contributed by atoms with Gasteiger partial charge >= 0.3 is 5.97 Å². The van der Waals surface area contributed by atoms with E-state index in [4.69, 9.17) is 4.74 Å². The van der Waals surface area contributed by atoms with Gasteiger partial charge in [-0.05, 0) is 26.2 Å². The molecule has 1 N–H and O–H groups in total. The van der Waals surface area contributed by atoms with Gasteiger partial charge in [0.2, 0.25) is 0 Å². The Bertz CT molecular complexity index is 288. The summed E-state index contributed by atoms with van der Waals surface area (Å²) < 4.78 is 5.24. The molecule has 0 saturated heterocycles. The zero-order valence-corrected chi connectivity index (χ0v) is 10.7. The molecule has 3 heteroatoms. The smallest absolute Gasteiger partial charge is 0.313 e. The zero-order chi connectivity index (χ0) is 12.7. The van der Waals surface area contributed by atoms with Crippen molar-refractivity contribution in [2.24, 2.45) is 5.41 Å². The third-order valence-electron chi connectivity index (χ3n) is 3.48. The van der Waals surface area contributed by atoms with Gasteiger partial charge in [0.05, 0.1) is 12.0 Å². The van der Waals surface area contributed by atoms with Gasteiger partial charge in [0, 0.05) is 12.6 Å². The van der Waals surface area contributed by atoms with Crippen LogP contribution < -0.4 is 5.32 Å². The summed E-state index contributed by atoms with van der Waals surface area (Å²) in [5.41, 5.74) is -0.416. The molecule has 1 aliphatic carbocycles. The van der Waals surface area contributed by atoms with Gasteiger partial charge in [-0.25, -0.2) is 0 Å². The number of hydrogen-bond donors (Lipinski definition) is 1. The molecule has 0 aromatic heterocycles. The average Bonchev–Trinajstić information content (AvgIpc) is 2.71.